The highest BCUT2D eigenvalue weighted by atomic mass is 32.1. The quantitative estimate of drug-likeness (QED) is 0.161. The van der Waals surface area contributed by atoms with Gasteiger partial charge in [0.15, 0.2) is 17.5 Å². The average molecular weight is 821 g/mol. The second kappa shape index (κ2) is 14.9. The topological polar surface area (TPSA) is 51.8 Å². The predicted molar refractivity (Wildman–Crippen MR) is 258 cm³/mol. The van der Waals surface area contributed by atoms with Crippen molar-refractivity contribution in [2.45, 2.75) is 0 Å². The monoisotopic (exact) mass is 820 g/mol. The maximum Gasteiger partial charge on any atom is 0.164 e. The van der Waals surface area contributed by atoms with Gasteiger partial charge >= 0.3 is 0 Å². The van der Waals surface area contributed by atoms with E-state index in [0.29, 0.717) is 11.1 Å². The summed E-state index contributed by atoms with van der Waals surface area (Å²) in [5.41, 5.74) is 5.88. The summed E-state index contributed by atoms with van der Waals surface area (Å²) in [5.74, 6) is 0.319. The summed E-state index contributed by atoms with van der Waals surface area (Å²) in [6.07, 6.45) is 0. The summed E-state index contributed by atoms with van der Waals surface area (Å²) >= 11 is 1.75. The van der Waals surface area contributed by atoms with Crippen LogP contribution in [-0.4, -0.2) is 15.0 Å². The molecule has 62 heavy (non-hydrogen) atoms. The van der Waals surface area contributed by atoms with E-state index in [2.05, 4.69) is 48.5 Å². The number of rotatable bonds is 7. The average Bonchev–Trinajstić information content (AvgIpc) is 4.02. The number of thiophene rings is 1. The van der Waals surface area contributed by atoms with Crippen molar-refractivity contribution in [2.75, 3.05) is 0 Å². The van der Waals surface area contributed by atoms with Crippen LogP contribution in [0.2, 0.25) is 0 Å². The summed E-state index contributed by atoms with van der Waals surface area (Å²) < 4.78 is 106. The van der Waals surface area contributed by atoms with Crippen molar-refractivity contribution in [2.24, 2.45) is 0 Å². The van der Waals surface area contributed by atoms with Crippen molar-refractivity contribution in [3.8, 4) is 78.7 Å². The van der Waals surface area contributed by atoms with Gasteiger partial charge in [0.1, 0.15) is 11.2 Å². The van der Waals surface area contributed by atoms with Crippen molar-refractivity contribution in [1.29, 1.82) is 0 Å². The molecule has 0 atom stereocenters. The molecule has 0 aliphatic carbocycles. The molecule has 0 amide bonds. The molecule has 12 aromatic rings. The normalized spacial score (nSPS) is 14.0. The van der Waals surface area contributed by atoms with E-state index in [1.54, 1.807) is 11.3 Å². The molecular weight excluding hydrogens is 775 g/mol. The third kappa shape index (κ3) is 6.26. The molecule has 4 nitrogen and oxygen atoms in total. The van der Waals surface area contributed by atoms with Crippen LogP contribution >= 0.6 is 11.3 Å². The second-order valence-electron chi connectivity index (χ2n) is 14.7. The fourth-order valence-corrected chi connectivity index (χ4v) is 9.37. The molecule has 0 fully saturated rings. The van der Waals surface area contributed by atoms with Crippen molar-refractivity contribution >= 4 is 53.4 Å². The van der Waals surface area contributed by atoms with Crippen LogP contribution in [0, 0.1) is 0 Å². The van der Waals surface area contributed by atoms with Gasteiger partial charge in [0.2, 0.25) is 0 Å². The lowest BCUT2D eigenvalue weighted by Crippen LogP contribution is -2.00. The molecule has 0 saturated carbocycles. The van der Waals surface area contributed by atoms with E-state index in [9.17, 15) is 4.11 Å². The zero-order valence-corrected chi connectivity index (χ0v) is 33.3. The van der Waals surface area contributed by atoms with Crippen molar-refractivity contribution < 1.29 is 19.5 Å². The molecule has 0 radical (unpaired) electrons. The first-order valence-corrected chi connectivity index (χ1v) is 20.7. The molecule has 290 valence electrons. The number of aromatic nitrogens is 3. The Hall–Kier alpha value is -7.99. The Morgan fingerprint density at radius 2 is 0.887 bits per heavy atom. The fourth-order valence-electron chi connectivity index (χ4n) is 8.00. The van der Waals surface area contributed by atoms with Gasteiger partial charge in [-0.3, -0.25) is 0 Å². The highest BCUT2D eigenvalue weighted by molar-refractivity contribution is 7.26. The van der Waals surface area contributed by atoms with Crippen LogP contribution in [0.25, 0.3) is 121 Å². The van der Waals surface area contributed by atoms with E-state index in [1.165, 1.54) is 15.6 Å². The van der Waals surface area contributed by atoms with E-state index < -0.39 is 72.0 Å². The van der Waals surface area contributed by atoms with E-state index in [1.807, 2.05) is 97.1 Å². The number of nitrogens with zero attached hydrogens (tertiary/aromatic N) is 3. The van der Waals surface area contributed by atoms with Crippen molar-refractivity contribution in [1.82, 2.24) is 15.0 Å². The highest BCUT2D eigenvalue weighted by Crippen LogP contribution is 2.44. The molecule has 9 aromatic carbocycles. The predicted octanol–water partition coefficient (Wildman–Crippen LogP) is 15.8. The zero-order valence-electron chi connectivity index (χ0n) is 43.5. The summed E-state index contributed by atoms with van der Waals surface area (Å²) in [5, 5.41) is 1.93. The van der Waals surface area contributed by atoms with Crippen molar-refractivity contribution in [3.05, 3.63) is 212 Å². The van der Waals surface area contributed by atoms with Gasteiger partial charge in [0, 0.05) is 47.6 Å². The lowest BCUT2D eigenvalue weighted by molar-refractivity contribution is 0.669. The minimum Gasteiger partial charge on any atom is -0.456 e. The summed E-state index contributed by atoms with van der Waals surface area (Å²) in [6.45, 7) is 0. The summed E-state index contributed by atoms with van der Waals surface area (Å²) in [4.78, 5) is 14.7. The zero-order chi connectivity index (χ0) is 50.6. The minimum absolute atomic E-state index is 0.120. The van der Waals surface area contributed by atoms with E-state index in [-0.39, 0.29) is 50.5 Å². The first-order chi connectivity index (χ1) is 35.3. The van der Waals surface area contributed by atoms with Crippen LogP contribution in [0.1, 0.15) is 15.1 Å². The van der Waals surface area contributed by atoms with Crippen LogP contribution in [0.5, 0.6) is 0 Å². The Bertz CT molecular complexity index is 4230. The van der Waals surface area contributed by atoms with Crippen LogP contribution in [0.4, 0.5) is 0 Å². The maximum atomic E-state index is 9.64. The minimum atomic E-state index is -0.689. The SMILES string of the molecule is [2H]c1c([2H])c([2H])c(-c2c([2H])c([2H])c([2H])c3oc4c([2H])c(-c5nc(-c6ccc(-c7ccccc7)cc6)nc(-c6ccc(-c7cccc8c7sc7c(-c9ccccc9)cccc78)cc6)n5)c([2H])c([2H])c4c23)c([2H])c1[2H]. The van der Waals surface area contributed by atoms with Gasteiger partial charge in [-0.05, 0) is 62.6 Å². The van der Waals surface area contributed by atoms with Gasteiger partial charge in [-0.2, -0.15) is 0 Å². The van der Waals surface area contributed by atoms with Crippen LogP contribution in [0.3, 0.4) is 0 Å². The Morgan fingerprint density at radius 3 is 1.52 bits per heavy atom. The van der Waals surface area contributed by atoms with E-state index in [4.69, 9.17) is 30.3 Å². The number of furan rings is 1. The van der Waals surface area contributed by atoms with E-state index >= 15 is 0 Å². The largest absolute Gasteiger partial charge is 0.456 e. The molecule has 0 aliphatic heterocycles. The smallest absolute Gasteiger partial charge is 0.164 e. The fraction of sp³-hybridized carbons (Fsp3) is 0. The number of benzene rings is 9. The molecule has 12 rings (SSSR count). The first-order valence-electron chi connectivity index (χ1n) is 25.4. The Kier molecular flexibility index (Phi) is 6.32. The van der Waals surface area contributed by atoms with Gasteiger partial charge < -0.3 is 4.42 Å². The van der Waals surface area contributed by atoms with Gasteiger partial charge in [0.25, 0.3) is 0 Å². The molecule has 0 N–H and O–H groups in total. The highest BCUT2D eigenvalue weighted by Gasteiger charge is 2.18. The van der Waals surface area contributed by atoms with Crippen molar-refractivity contribution in [3.63, 3.8) is 0 Å². The molecule has 0 saturated heterocycles. The van der Waals surface area contributed by atoms with Crippen LogP contribution in [0.15, 0.2) is 216 Å². The molecule has 3 heterocycles. The molecule has 3 aromatic heterocycles. The Morgan fingerprint density at radius 1 is 0.355 bits per heavy atom. The second-order valence-corrected chi connectivity index (χ2v) is 15.7. The van der Waals surface area contributed by atoms with Crippen LogP contribution < -0.4 is 0 Å². The number of hydrogen-bond donors (Lipinski definition) is 0. The lowest BCUT2D eigenvalue weighted by Gasteiger charge is -2.10. The first kappa shape index (κ1) is 26.3. The molecule has 0 spiro atoms. The third-order valence-corrected chi connectivity index (χ3v) is 12.3. The number of hydrogen-bond acceptors (Lipinski definition) is 5. The van der Waals surface area contributed by atoms with Crippen LogP contribution in [-0.2, 0) is 0 Å². The molecule has 0 aliphatic rings. The van der Waals surface area contributed by atoms with Gasteiger partial charge in [0.05, 0.1) is 15.1 Å². The molecule has 0 unspecified atom stereocenters. The lowest BCUT2D eigenvalue weighted by atomic mass is 9.99. The standard InChI is InChI=1S/C57H35N3OS/c1-4-13-36(14-5-1)37-25-29-41(30-26-37)55-58-56(60-57(59-55)43-33-34-49-51(35-43)61-50-24-12-19-44(52(49)50)38-15-6-2-7-16-38)42-31-27-40(28-32-42)46-21-11-23-48-47-22-10-20-45(53(47)62-54(46)48)39-17-8-3-9-18-39/h1-35H/i2D,6D,7D,12D,15D,16D,19D,24D,33D,34D,35D. The van der Waals surface area contributed by atoms with Gasteiger partial charge in [-0.25, -0.2) is 15.0 Å². The van der Waals surface area contributed by atoms with E-state index in [0.717, 1.165) is 37.9 Å². The Balaban J connectivity index is 1.04. The molecule has 5 heteroatoms. The third-order valence-electron chi connectivity index (χ3n) is 11.0. The van der Waals surface area contributed by atoms with Gasteiger partial charge in [-0.15, -0.1) is 11.3 Å². The maximum absolute atomic E-state index is 9.64. The Labute approximate surface area is 377 Å². The summed E-state index contributed by atoms with van der Waals surface area (Å²) in [7, 11) is 0. The van der Waals surface area contributed by atoms with Gasteiger partial charge in [-0.1, -0.05) is 194 Å². The number of fused-ring (bicyclic) bond motifs is 6. The summed E-state index contributed by atoms with van der Waals surface area (Å²) in [6, 6.07) is 41.7. The molecular formula is C57H35N3OS. The molecule has 0 bridgehead atoms.